The van der Waals surface area contributed by atoms with Gasteiger partial charge >= 0.3 is 5.97 Å². The molecule has 0 saturated carbocycles. The van der Waals surface area contributed by atoms with Gasteiger partial charge in [0, 0.05) is 12.2 Å². The number of hydrogen-bond acceptors (Lipinski definition) is 2. The highest BCUT2D eigenvalue weighted by molar-refractivity contribution is 5.96. The van der Waals surface area contributed by atoms with Gasteiger partial charge < -0.3 is 10.4 Å². The van der Waals surface area contributed by atoms with E-state index in [0.717, 1.165) is 41.8 Å². The van der Waals surface area contributed by atoms with Crippen LogP contribution in [-0.2, 0) is 19.4 Å². The molecule has 0 atom stereocenters. The maximum atomic E-state index is 11.2. The van der Waals surface area contributed by atoms with Gasteiger partial charge in [-0.2, -0.15) is 0 Å². The molecule has 0 fully saturated rings. The van der Waals surface area contributed by atoms with Gasteiger partial charge in [-0.05, 0) is 109 Å². The Morgan fingerprint density at radius 3 is 2.12 bits per heavy atom. The van der Waals surface area contributed by atoms with E-state index in [1.54, 1.807) is 12.1 Å². The monoisotopic (exact) mass is 573 g/mol. The van der Waals surface area contributed by atoms with E-state index in [0.29, 0.717) is 11.5 Å². The molecule has 224 valence electrons. The van der Waals surface area contributed by atoms with Gasteiger partial charge in [-0.3, -0.25) is 0 Å². The third-order valence-electron chi connectivity index (χ3n) is 7.71. The Morgan fingerprint density at radius 1 is 0.814 bits per heavy atom. The zero-order chi connectivity index (χ0) is 31.5. The molecule has 4 aromatic carbocycles. The van der Waals surface area contributed by atoms with Crippen LogP contribution < -0.4 is 5.32 Å². The van der Waals surface area contributed by atoms with E-state index in [9.17, 15) is 9.90 Å². The Bertz CT molecular complexity index is 1570. The van der Waals surface area contributed by atoms with Gasteiger partial charge in [0.15, 0.2) is 0 Å². The predicted octanol–water partition coefficient (Wildman–Crippen LogP) is 10.4. The Hall–Kier alpha value is -4.37. The van der Waals surface area contributed by atoms with E-state index in [2.05, 4.69) is 115 Å². The van der Waals surface area contributed by atoms with Crippen molar-refractivity contribution in [3.63, 3.8) is 0 Å². The highest BCUT2D eigenvalue weighted by atomic mass is 16.4. The molecule has 3 heteroatoms. The molecule has 0 bridgehead atoms. The summed E-state index contributed by atoms with van der Waals surface area (Å²) < 4.78 is 0. The topological polar surface area (TPSA) is 49.3 Å². The number of aryl methyl sites for hydroxylation is 2. The van der Waals surface area contributed by atoms with Crippen molar-refractivity contribution in [2.45, 2.75) is 67.9 Å². The van der Waals surface area contributed by atoms with E-state index in [1.165, 1.54) is 39.0 Å². The predicted molar refractivity (Wildman–Crippen MR) is 184 cm³/mol. The van der Waals surface area contributed by atoms with Gasteiger partial charge in [0.2, 0.25) is 0 Å². The summed E-state index contributed by atoms with van der Waals surface area (Å²) in [6.07, 6.45) is 2.11. The van der Waals surface area contributed by atoms with E-state index < -0.39 is 5.97 Å². The number of carboxylic acid groups (broad SMARTS) is 1. The standard InChI is InChI=1S/C23H29N.C17H18O2/c1-7-20-9-8-10-21(13-20)15-24-19(6)22-12-11-17(4)23(14-22)18(5)16(2)3;1-12(2)11-13-7-9-14(10-8-13)15-5-3-4-6-16(15)17(18)19/h8-14,24H,6-7,15H2,1-5H3;3-10,12H,11H2,1-2H3,(H,18,19). The molecule has 0 saturated heterocycles. The van der Waals surface area contributed by atoms with Crippen molar-refractivity contribution < 1.29 is 9.90 Å². The summed E-state index contributed by atoms with van der Waals surface area (Å²) in [7, 11) is 0. The molecule has 0 unspecified atom stereocenters. The van der Waals surface area contributed by atoms with E-state index in [-0.39, 0.29) is 0 Å². The molecule has 0 amide bonds. The molecule has 0 radical (unpaired) electrons. The fourth-order valence-electron chi connectivity index (χ4n) is 4.97. The smallest absolute Gasteiger partial charge is 0.336 e. The summed E-state index contributed by atoms with van der Waals surface area (Å²) in [4.78, 5) is 11.2. The molecule has 3 nitrogen and oxygen atoms in total. The minimum atomic E-state index is -0.887. The lowest BCUT2D eigenvalue weighted by atomic mass is 9.95. The fourth-order valence-corrected chi connectivity index (χ4v) is 4.97. The Morgan fingerprint density at radius 2 is 1.49 bits per heavy atom. The van der Waals surface area contributed by atoms with Gasteiger partial charge in [-0.15, -0.1) is 0 Å². The molecule has 0 heterocycles. The van der Waals surface area contributed by atoms with E-state index in [4.69, 9.17) is 0 Å². The molecular formula is C40H47NO2. The number of nitrogens with one attached hydrogen (secondary N) is 1. The maximum Gasteiger partial charge on any atom is 0.336 e. The van der Waals surface area contributed by atoms with Crippen molar-refractivity contribution in [2.24, 2.45) is 5.92 Å². The first-order valence-electron chi connectivity index (χ1n) is 15.2. The molecule has 4 aromatic rings. The summed E-state index contributed by atoms with van der Waals surface area (Å²) in [6.45, 7) is 20.3. The van der Waals surface area contributed by atoms with Crippen LogP contribution in [0.3, 0.4) is 0 Å². The average Bonchev–Trinajstić information content (AvgIpc) is 3.00. The number of benzene rings is 4. The Balaban J connectivity index is 0.000000242. The third kappa shape index (κ3) is 9.58. The van der Waals surface area contributed by atoms with Crippen molar-refractivity contribution in [1.29, 1.82) is 0 Å². The molecule has 43 heavy (non-hydrogen) atoms. The van der Waals surface area contributed by atoms with Gasteiger partial charge in [0.1, 0.15) is 0 Å². The molecule has 0 aliphatic carbocycles. The van der Waals surface area contributed by atoms with Crippen LogP contribution in [-0.4, -0.2) is 11.1 Å². The zero-order valence-electron chi connectivity index (χ0n) is 26.9. The highest BCUT2D eigenvalue weighted by Crippen LogP contribution is 2.26. The van der Waals surface area contributed by atoms with Crippen LogP contribution in [0, 0.1) is 12.8 Å². The number of rotatable bonds is 10. The highest BCUT2D eigenvalue weighted by Gasteiger charge is 2.11. The van der Waals surface area contributed by atoms with Gasteiger partial charge in [0.05, 0.1) is 5.56 Å². The molecule has 4 rings (SSSR count). The minimum Gasteiger partial charge on any atom is -0.478 e. The van der Waals surface area contributed by atoms with Gasteiger partial charge in [-0.25, -0.2) is 4.79 Å². The first-order chi connectivity index (χ1) is 20.5. The molecule has 0 aliphatic rings. The molecule has 2 N–H and O–H groups in total. The van der Waals surface area contributed by atoms with E-state index >= 15 is 0 Å². The summed E-state index contributed by atoms with van der Waals surface area (Å²) in [5, 5.41) is 12.7. The third-order valence-corrected chi connectivity index (χ3v) is 7.71. The van der Waals surface area contributed by atoms with Crippen molar-refractivity contribution in [1.82, 2.24) is 5.32 Å². The van der Waals surface area contributed by atoms with Crippen LogP contribution in [0.5, 0.6) is 0 Å². The van der Waals surface area contributed by atoms with Gasteiger partial charge in [0.25, 0.3) is 0 Å². The quantitative estimate of drug-likeness (QED) is 0.198. The number of allylic oxidation sites excluding steroid dienone is 2. The van der Waals surface area contributed by atoms with Crippen molar-refractivity contribution in [2.75, 3.05) is 0 Å². The second kappa shape index (κ2) is 15.7. The lowest BCUT2D eigenvalue weighted by Gasteiger charge is -2.14. The Kier molecular flexibility index (Phi) is 12.1. The molecule has 0 aromatic heterocycles. The lowest BCUT2D eigenvalue weighted by Crippen LogP contribution is -2.11. The van der Waals surface area contributed by atoms with Crippen LogP contribution >= 0.6 is 0 Å². The number of carbonyl (C=O) groups is 1. The van der Waals surface area contributed by atoms with Crippen molar-refractivity contribution in [3.8, 4) is 11.1 Å². The number of hydrogen-bond donors (Lipinski definition) is 2. The number of carboxylic acids is 1. The Labute approximate surface area is 259 Å². The summed E-state index contributed by atoms with van der Waals surface area (Å²) in [6, 6.07) is 30.5. The zero-order valence-corrected chi connectivity index (χ0v) is 26.9. The normalized spacial score (nSPS) is 10.5. The van der Waals surface area contributed by atoms with Crippen LogP contribution in [0.1, 0.15) is 85.3 Å². The van der Waals surface area contributed by atoms with Crippen LogP contribution in [0.15, 0.2) is 103 Å². The van der Waals surface area contributed by atoms with Crippen molar-refractivity contribution in [3.05, 3.63) is 142 Å². The fraction of sp³-hybridized carbons (Fsp3) is 0.275. The largest absolute Gasteiger partial charge is 0.478 e. The second-order valence-electron chi connectivity index (χ2n) is 11.8. The minimum absolute atomic E-state index is 0.346. The number of aromatic carboxylic acids is 1. The molecule has 0 aliphatic heterocycles. The second-order valence-corrected chi connectivity index (χ2v) is 11.8. The lowest BCUT2D eigenvalue weighted by molar-refractivity contribution is 0.0697. The van der Waals surface area contributed by atoms with E-state index in [1.807, 2.05) is 24.3 Å². The molecular weight excluding hydrogens is 526 g/mol. The maximum absolute atomic E-state index is 11.2. The summed E-state index contributed by atoms with van der Waals surface area (Å²) in [5.74, 6) is -0.265. The van der Waals surface area contributed by atoms with Crippen LogP contribution in [0.2, 0.25) is 0 Å². The van der Waals surface area contributed by atoms with Crippen LogP contribution in [0.4, 0.5) is 0 Å². The first kappa shape index (κ1) is 33.1. The molecule has 0 spiro atoms. The summed E-state index contributed by atoms with van der Waals surface area (Å²) in [5.41, 5.74) is 13.5. The first-order valence-corrected chi connectivity index (χ1v) is 15.2. The summed E-state index contributed by atoms with van der Waals surface area (Å²) >= 11 is 0. The van der Waals surface area contributed by atoms with Gasteiger partial charge in [-0.1, -0.05) is 112 Å². The SMILES string of the molecule is C=C(NCc1cccc(CC)c1)c1ccc(C)c(C(C)=C(C)C)c1.CC(C)Cc1ccc(-c2ccccc2C(=O)O)cc1. The average molecular weight is 574 g/mol. The van der Waals surface area contributed by atoms with Crippen molar-refractivity contribution >= 4 is 17.2 Å². The van der Waals surface area contributed by atoms with Crippen LogP contribution in [0.25, 0.3) is 22.4 Å².